The van der Waals surface area contributed by atoms with Crippen LogP contribution in [0.25, 0.3) is 0 Å². The average Bonchev–Trinajstić information content (AvgIpc) is 2.92. The van der Waals surface area contributed by atoms with Crippen molar-refractivity contribution < 1.29 is 0 Å². The first-order valence-electron chi connectivity index (χ1n) is 8.33. The van der Waals surface area contributed by atoms with Crippen LogP contribution in [0.3, 0.4) is 0 Å². The van der Waals surface area contributed by atoms with Crippen LogP contribution < -0.4 is 5.32 Å². The van der Waals surface area contributed by atoms with Crippen LogP contribution in [0.2, 0.25) is 0 Å². The summed E-state index contributed by atoms with van der Waals surface area (Å²) in [5, 5.41) is 3.63. The quantitative estimate of drug-likeness (QED) is 0.791. The number of aromatic nitrogens is 2. The molecule has 0 atom stereocenters. The highest BCUT2D eigenvalue weighted by Crippen LogP contribution is 2.21. The number of imidazole rings is 1. The third-order valence-electron chi connectivity index (χ3n) is 4.42. The molecule has 1 fully saturated rings. The van der Waals surface area contributed by atoms with Crippen molar-refractivity contribution >= 4 is 5.95 Å². The maximum Gasteiger partial charge on any atom is 0.202 e. The second-order valence-electron chi connectivity index (χ2n) is 5.80. The van der Waals surface area contributed by atoms with Crippen LogP contribution in [-0.4, -0.2) is 40.1 Å². The average molecular weight is 278 g/mol. The molecular formula is C16H30N4. The first-order chi connectivity index (χ1) is 9.83. The molecule has 1 aromatic rings. The summed E-state index contributed by atoms with van der Waals surface area (Å²) in [5.41, 5.74) is 0. The van der Waals surface area contributed by atoms with E-state index in [4.69, 9.17) is 0 Å². The minimum atomic E-state index is 0.632. The van der Waals surface area contributed by atoms with Crippen molar-refractivity contribution in [2.24, 2.45) is 0 Å². The maximum absolute atomic E-state index is 4.49. The summed E-state index contributed by atoms with van der Waals surface area (Å²) in [6, 6.07) is 0.632. The van der Waals surface area contributed by atoms with E-state index in [0.717, 1.165) is 25.6 Å². The molecule has 1 heterocycles. The van der Waals surface area contributed by atoms with E-state index >= 15 is 0 Å². The van der Waals surface area contributed by atoms with Crippen LogP contribution in [0.5, 0.6) is 0 Å². The first kappa shape index (κ1) is 15.4. The predicted octanol–water partition coefficient (Wildman–Crippen LogP) is 3.36. The molecule has 0 radical (unpaired) electrons. The van der Waals surface area contributed by atoms with Gasteiger partial charge in [-0.25, -0.2) is 4.98 Å². The summed E-state index contributed by atoms with van der Waals surface area (Å²) in [6.07, 6.45) is 11.9. The lowest BCUT2D eigenvalue weighted by molar-refractivity contribution is 0.293. The Morgan fingerprint density at radius 2 is 2.00 bits per heavy atom. The Balaban J connectivity index is 1.78. The van der Waals surface area contributed by atoms with Gasteiger partial charge in [-0.3, -0.25) is 0 Å². The van der Waals surface area contributed by atoms with E-state index in [2.05, 4.69) is 39.8 Å². The summed E-state index contributed by atoms with van der Waals surface area (Å²) in [5.74, 6) is 1.07. The van der Waals surface area contributed by atoms with Crippen LogP contribution in [0, 0.1) is 0 Å². The summed E-state index contributed by atoms with van der Waals surface area (Å²) in [7, 11) is 0. The lowest BCUT2D eigenvalue weighted by atomic mass is 9.96. The number of anilines is 1. The number of hydrogen-bond acceptors (Lipinski definition) is 3. The van der Waals surface area contributed by atoms with E-state index in [1.807, 2.05) is 6.20 Å². The lowest BCUT2D eigenvalue weighted by Gasteiger charge is -2.24. The zero-order valence-corrected chi connectivity index (χ0v) is 13.1. The van der Waals surface area contributed by atoms with Gasteiger partial charge in [0.25, 0.3) is 0 Å². The van der Waals surface area contributed by atoms with Gasteiger partial charge in [-0.2, -0.15) is 0 Å². The van der Waals surface area contributed by atoms with Crippen LogP contribution in [0.15, 0.2) is 12.4 Å². The van der Waals surface area contributed by atoms with Gasteiger partial charge in [0.15, 0.2) is 0 Å². The highest BCUT2D eigenvalue weighted by Gasteiger charge is 2.15. The minimum absolute atomic E-state index is 0.632. The SMILES string of the molecule is CCN(CC)CCCn1ccnc1NC1CCCCC1. The van der Waals surface area contributed by atoms with Gasteiger partial charge >= 0.3 is 0 Å². The molecule has 2 rings (SSSR count). The number of hydrogen-bond donors (Lipinski definition) is 1. The number of rotatable bonds is 8. The van der Waals surface area contributed by atoms with Gasteiger partial charge in [0, 0.05) is 25.0 Å². The maximum atomic E-state index is 4.49. The highest BCUT2D eigenvalue weighted by molar-refractivity contribution is 5.27. The Morgan fingerprint density at radius 1 is 1.25 bits per heavy atom. The molecular weight excluding hydrogens is 248 g/mol. The minimum Gasteiger partial charge on any atom is -0.353 e. The molecule has 1 aliphatic rings. The lowest BCUT2D eigenvalue weighted by Crippen LogP contribution is -2.26. The van der Waals surface area contributed by atoms with E-state index < -0.39 is 0 Å². The fraction of sp³-hybridized carbons (Fsp3) is 0.812. The van der Waals surface area contributed by atoms with Crippen molar-refractivity contribution in [3.8, 4) is 0 Å². The molecule has 1 saturated carbocycles. The van der Waals surface area contributed by atoms with E-state index in [9.17, 15) is 0 Å². The van der Waals surface area contributed by atoms with Gasteiger partial charge < -0.3 is 14.8 Å². The predicted molar refractivity (Wildman–Crippen MR) is 85.1 cm³/mol. The Bertz CT molecular complexity index is 364. The van der Waals surface area contributed by atoms with E-state index in [0.29, 0.717) is 6.04 Å². The van der Waals surface area contributed by atoms with Crippen LogP contribution >= 0.6 is 0 Å². The Kier molecular flexibility index (Phi) is 6.37. The number of nitrogens with one attached hydrogen (secondary N) is 1. The van der Waals surface area contributed by atoms with Gasteiger partial charge in [-0.1, -0.05) is 33.1 Å². The monoisotopic (exact) mass is 278 g/mol. The molecule has 0 unspecified atom stereocenters. The van der Waals surface area contributed by atoms with Crippen molar-refractivity contribution in [3.05, 3.63) is 12.4 Å². The standard InChI is InChI=1S/C16H30N4/c1-3-19(4-2)12-8-13-20-14-11-17-16(20)18-15-9-6-5-7-10-15/h11,14-15H,3-10,12-13H2,1-2H3,(H,17,18). The molecule has 114 valence electrons. The number of aryl methyl sites for hydroxylation is 1. The smallest absolute Gasteiger partial charge is 0.202 e. The van der Waals surface area contributed by atoms with Crippen LogP contribution in [-0.2, 0) is 6.54 Å². The van der Waals surface area contributed by atoms with Gasteiger partial charge in [-0.05, 0) is 38.9 Å². The van der Waals surface area contributed by atoms with Crippen molar-refractivity contribution in [2.45, 2.75) is 65.0 Å². The van der Waals surface area contributed by atoms with Gasteiger partial charge in [0.1, 0.15) is 0 Å². The molecule has 0 saturated heterocycles. The summed E-state index contributed by atoms with van der Waals surface area (Å²) in [6.45, 7) is 8.99. The molecule has 0 aliphatic heterocycles. The summed E-state index contributed by atoms with van der Waals surface area (Å²) < 4.78 is 2.28. The molecule has 1 aliphatic carbocycles. The normalized spacial score (nSPS) is 16.8. The number of nitrogens with zero attached hydrogens (tertiary/aromatic N) is 3. The molecule has 0 amide bonds. The Hall–Kier alpha value is -1.03. The highest BCUT2D eigenvalue weighted by atomic mass is 15.2. The molecule has 1 aromatic heterocycles. The molecule has 0 spiro atoms. The summed E-state index contributed by atoms with van der Waals surface area (Å²) in [4.78, 5) is 6.96. The van der Waals surface area contributed by atoms with Crippen molar-refractivity contribution in [1.29, 1.82) is 0 Å². The van der Waals surface area contributed by atoms with Gasteiger partial charge in [0.2, 0.25) is 5.95 Å². The second kappa shape index (κ2) is 8.30. The third kappa shape index (κ3) is 4.51. The molecule has 4 heteroatoms. The van der Waals surface area contributed by atoms with Crippen molar-refractivity contribution in [1.82, 2.24) is 14.5 Å². The van der Waals surface area contributed by atoms with Crippen molar-refractivity contribution in [3.63, 3.8) is 0 Å². The molecule has 0 bridgehead atoms. The largest absolute Gasteiger partial charge is 0.353 e. The molecule has 4 nitrogen and oxygen atoms in total. The van der Waals surface area contributed by atoms with Crippen LogP contribution in [0.4, 0.5) is 5.95 Å². The van der Waals surface area contributed by atoms with Gasteiger partial charge in [0.05, 0.1) is 0 Å². The van der Waals surface area contributed by atoms with E-state index in [-0.39, 0.29) is 0 Å². The van der Waals surface area contributed by atoms with Crippen molar-refractivity contribution in [2.75, 3.05) is 25.0 Å². The van der Waals surface area contributed by atoms with E-state index in [1.54, 1.807) is 0 Å². The molecule has 20 heavy (non-hydrogen) atoms. The molecule has 1 N–H and O–H groups in total. The fourth-order valence-corrected chi connectivity index (χ4v) is 3.06. The van der Waals surface area contributed by atoms with Gasteiger partial charge in [-0.15, -0.1) is 0 Å². The zero-order valence-electron chi connectivity index (χ0n) is 13.1. The van der Waals surface area contributed by atoms with Crippen LogP contribution in [0.1, 0.15) is 52.4 Å². The Morgan fingerprint density at radius 3 is 2.70 bits per heavy atom. The fourth-order valence-electron chi connectivity index (χ4n) is 3.06. The molecule has 0 aromatic carbocycles. The zero-order chi connectivity index (χ0) is 14.2. The Labute approximate surface area is 123 Å². The van der Waals surface area contributed by atoms with E-state index in [1.165, 1.54) is 45.1 Å². The first-order valence-corrected chi connectivity index (χ1v) is 8.33. The summed E-state index contributed by atoms with van der Waals surface area (Å²) >= 11 is 0. The third-order valence-corrected chi connectivity index (χ3v) is 4.42. The second-order valence-corrected chi connectivity index (χ2v) is 5.80. The topological polar surface area (TPSA) is 33.1 Å².